The molecule has 0 spiro atoms. The number of benzene rings is 1. The van der Waals surface area contributed by atoms with Crippen molar-refractivity contribution in [2.75, 3.05) is 5.73 Å². The normalized spacial score (nSPS) is 10.1. The minimum Gasteiger partial charge on any atom is -0.439 e. The van der Waals surface area contributed by atoms with Gasteiger partial charge in [-0.3, -0.25) is 10.1 Å². The van der Waals surface area contributed by atoms with Crippen LogP contribution in [0.15, 0.2) is 36.4 Å². The lowest BCUT2D eigenvalue weighted by molar-refractivity contribution is -0.384. The minimum atomic E-state index is -0.543. The van der Waals surface area contributed by atoms with E-state index < -0.39 is 4.92 Å². The molecule has 2 aromatic rings. The highest BCUT2D eigenvalue weighted by Gasteiger charge is 2.11. The Bertz CT molecular complexity index is 587. The number of pyridine rings is 1. The van der Waals surface area contributed by atoms with E-state index in [1.165, 1.54) is 12.1 Å². The molecule has 18 heavy (non-hydrogen) atoms. The molecule has 0 saturated carbocycles. The lowest BCUT2D eigenvalue weighted by Gasteiger charge is -2.05. The van der Waals surface area contributed by atoms with E-state index in [2.05, 4.69) is 27.6 Å². The van der Waals surface area contributed by atoms with Gasteiger partial charge in [-0.15, -0.1) is 0 Å². The van der Waals surface area contributed by atoms with Gasteiger partial charge in [0.25, 0.3) is 5.69 Å². The van der Waals surface area contributed by atoms with E-state index in [9.17, 15) is 10.1 Å². The van der Waals surface area contributed by atoms with Crippen LogP contribution in [0.5, 0.6) is 11.6 Å². The summed E-state index contributed by atoms with van der Waals surface area (Å²) >= 11 is 2.17. The Kier molecular flexibility index (Phi) is 3.60. The number of halogens is 1. The third-order valence-electron chi connectivity index (χ3n) is 2.05. The maximum Gasteiger partial charge on any atom is 0.278 e. The predicted molar refractivity (Wildman–Crippen MR) is 74.5 cm³/mol. The molecule has 0 atom stereocenters. The number of nitrogen functional groups attached to an aromatic ring is 1. The van der Waals surface area contributed by atoms with Crippen molar-refractivity contribution in [3.05, 3.63) is 50.1 Å². The molecule has 0 fully saturated rings. The van der Waals surface area contributed by atoms with Gasteiger partial charge in [0.15, 0.2) is 0 Å². The molecular weight excluding hydrogens is 349 g/mol. The van der Waals surface area contributed by atoms with Crippen LogP contribution in [-0.4, -0.2) is 9.91 Å². The molecule has 1 aromatic carbocycles. The van der Waals surface area contributed by atoms with Gasteiger partial charge in [0.05, 0.1) is 17.1 Å². The molecule has 0 aliphatic carbocycles. The first-order valence-corrected chi connectivity index (χ1v) is 5.98. The predicted octanol–water partition coefficient (Wildman–Crippen LogP) is 2.97. The fourth-order valence-corrected chi connectivity index (χ4v) is 1.65. The van der Waals surface area contributed by atoms with Gasteiger partial charge >= 0.3 is 0 Å². The third-order valence-corrected chi connectivity index (χ3v) is 2.77. The van der Waals surface area contributed by atoms with Gasteiger partial charge in [0.2, 0.25) is 5.88 Å². The van der Waals surface area contributed by atoms with E-state index in [0.29, 0.717) is 5.75 Å². The number of nitro groups is 1. The van der Waals surface area contributed by atoms with E-state index in [1.807, 2.05) is 12.1 Å². The summed E-state index contributed by atoms with van der Waals surface area (Å²) in [5.41, 5.74) is 5.33. The summed E-state index contributed by atoms with van der Waals surface area (Å²) in [6.45, 7) is 0. The second kappa shape index (κ2) is 5.17. The second-order valence-corrected chi connectivity index (χ2v) is 4.65. The van der Waals surface area contributed by atoms with E-state index in [0.717, 1.165) is 3.57 Å². The molecule has 0 bridgehead atoms. The highest BCUT2D eigenvalue weighted by molar-refractivity contribution is 14.1. The molecule has 2 rings (SSSR count). The van der Waals surface area contributed by atoms with Crippen LogP contribution in [0.25, 0.3) is 0 Å². The molecule has 0 radical (unpaired) electrons. The van der Waals surface area contributed by atoms with Crippen LogP contribution in [0.2, 0.25) is 0 Å². The van der Waals surface area contributed by atoms with Crippen LogP contribution in [-0.2, 0) is 0 Å². The Morgan fingerprint density at radius 3 is 2.56 bits per heavy atom. The molecule has 0 aliphatic rings. The van der Waals surface area contributed by atoms with Gasteiger partial charge in [-0.2, -0.15) is 4.98 Å². The van der Waals surface area contributed by atoms with Crippen LogP contribution in [0.4, 0.5) is 11.5 Å². The minimum absolute atomic E-state index is 0.0460. The van der Waals surface area contributed by atoms with Gasteiger partial charge < -0.3 is 10.5 Å². The van der Waals surface area contributed by atoms with Crippen molar-refractivity contribution in [1.29, 1.82) is 0 Å². The summed E-state index contributed by atoms with van der Waals surface area (Å²) in [5, 5.41) is 10.7. The van der Waals surface area contributed by atoms with Crippen LogP contribution < -0.4 is 10.5 Å². The first-order chi connectivity index (χ1) is 8.54. The molecule has 0 unspecified atom stereocenters. The molecule has 6 nitrogen and oxygen atoms in total. The van der Waals surface area contributed by atoms with E-state index >= 15 is 0 Å². The number of hydrogen-bond donors (Lipinski definition) is 1. The Labute approximate surface area is 116 Å². The number of nitrogens with two attached hydrogens (primary N) is 1. The average molecular weight is 357 g/mol. The Hall–Kier alpha value is -1.90. The summed E-state index contributed by atoms with van der Waals surface area (Å²) in [6, 6.07) is 9.62. The summed E-state index contributed by atoms with van der Waals surface area (Å²) in [4.78, 5) is 14.0. The summed E-state index contributed by atoms with van der Waals surface area (Å²) in [5.74, 6) is 0.690. The number of anilines is 1. The Morgan fingerprint density at radius 1 is 1.28 bits per heavy atom. The summed E-state index contributed by atoms with van der Waals surface area (Å²) < 4.78 is 6.47. The fourth-order valence-electron chi connectivity index (χ4n) is 1.29. The van der Waals surface area contributed by atoms with Gasteiger partial charge in [0, 0.05) is 3.57 Å². The van der Waals surface area contributed by atoms with Crippen molar-refractivity contribution in [3.8, 4) is 11.6 Å². The standard InChI is InChI=1S/C11H8IN3O3/c12-7-1-3-9(4-2-7)18-11-6-8(15(16)17)5-10(13)14-11/h1-6H,(H2,13,14). The first kappa shape index (κ1) is 12.6. The number of ether oxygens (including phenoxy) is 1. The zero-order valence-electron chi connectivity index (χ0n) is 9.04. The Balaban J connectivity index is 2.28. The van der Waals surface area contributed by atoms with Gasteiger partial charge in [-0.05, 0) is 46.9 Å². The zero-order chi connectivity index (χ0) is 13.1. The average Bonchev–Trinajstić information content (AvgIpc) is 2.31. The molecule has 92 valence electrons. The lowest BCUT2D eigenvalue weighted by Crippen LogP contribution is -1.97. The topological polar surface area (TPSA) is 91.3 Å². The van der Waals surface area contributed by atoms with E-state index in [4.69, 9.17) is 10.5 Å². The molecule has 1 heterocycles. The SMILES string of the molecule is Nc1cc([N+](=O)[O-])cc(Oc2ccc(I)cc2)n1. The van der Waals surface area contributed by atoms with Crippen molar-refractivity contribution < 1.29 is 9.66 Å². The first-order valence-electron chi connectivity index (χ1n) is 4.90. The molecule has 0 amide bonds. The van der Waals surface area contributed by atoms with Crippen molar-refractivity contribution >= 4 is 34.1 Å². The van der Waals surface area contributed by atoms with Gasteiger partial charge in [-0.25, -0.2) is 0 Å². The third kappa shape index (κ3) is 3.06. The molecule has 1 aromatic heterocycles. The quantitative estimate of drug-likeness (QED) is 0.518. The van der Waals surface area contributed by atoms with Crippen LogP contribution in [0, 0.1) is 13.7 Å². The van der Waals surface area contributed by atoms with Crippen molar-refractivity contribution in [1.82, 2.24) is 4.98 Å². The molecule has 0 aliphatic heterocycles. The fraction of sp³-hybridized carbons (Fsp3) is 0. The van der Waals surface area contributed by atoms with Crippen molar-refractivity contribution in [2.24, 2.45) is 0 Å². The largest absolute Gasteiger partial charge is 0.439 e. The number of rotatable bonds is 3. The van der Waals surface area contributed by atoms with Crippen molar-refractivity contribution in [2.45, 2.75) is 0 Å². The zero-order valence-corrected chi connectivity index (χ0v) is 11.2. The highest BCUT2D eigenvalue weighted by atomic mass is 127. The summed E-state index contributed by atoms with van der Waals surface area (Å²) in [6.07, 6.45) is 0. The smallest absolute Gasteiger partial charge is 0.278 e. The Morgan fingerprint density at radius 2 is 1.94 bits per heavy atom. The van der Waals surface area contributed by atoms with Crippen LogP contribution in [0.3, 0.4) is 0 Å². The second-order valence-electron chi connectivity index (χ2n) is 3.40. The maximum atomic E-state index is 10.7. The van der Waals surface area contributed by atoms with Gasteiger partial charge in [0.1, 0.15) is 11.6 Å². The lowest BCUT2D eigenvalue weighted by atomic mass is 10.3. The van der Waals surface area contributed by atoms with Crippen molar-refractivity contribution in [3.63, 3.8) is 0 Å². The molecule has 7 heteroatoms. The van der Waals surface area contributed by atoms with E-state index in [1.54, 1.807) is 12.1 Å². The van der Waals surface area contributed by atoms with Crippen LogP contribution in [0.1, 0.15) is 0 Å². The molecule has 0 saturated heterocycles. The molecular formula is C11H8IN3O3. The number of hydrogen-bond acceptors (Lipinski definition) is 5. The number of nitrogens with zero attached hydrogens (tertiary/aromatic N) is 2. The van der Waals surface area contributed by atoms with E-state index in [-0.39, 0.29) is 17.4 Å². The highest BCUT2D eigenvalue weighted by Crippen LogP contribution is 2.25. The maximum absolute atomic E-state index is 10.7. The monoisotopic (exact) mass is 357 g/mol. The molecule has 2 N–H and O–H groups in total. The number of aromatic nitrogens is 1. The van der Waals surface area contributed by atoms with Crippen LogP contribution >= 0.6 is 22.6 Å². The van der Waals surface area contributed by atoms with Gasteiger partial charge in [-0.1, -0.05) is 0 Å². The summed E-state index contributed by atoms with van der Waals surface area (Å²) in [7, 11) is 0.